The van der Waals surface area contributed by atoms with Gasteiger partial charge in [-0.25, -0.2) is 14.4 Å². The first-order chi connectivity index (χ1) is 21.0. The Morgan fingerprint density at radius 1 is 1.09 bits per heavy atom. The summed E-state index contributed by atoms with van der Waals surface area (Å²) in [6.45, 7) is 5.14. The van der Waals surface area contributed by atoms with Gasteiger partial charge in [-0.15, -0.1) is 11.3 Å². The molecule has 0 saturated carbocycles. The number of benzene rings is 2. The summed E-state index contributed by atoms with van der Waals surface area (Å²) in [5.74, 6) is 6.88. The smallest absolute Gasteiger partial charge is 0.298 e. The average molecular weight is 618 g/mol. The fourth-order valence-corrected chi connectivity index (χ4v) is 7.05. The molecule has 2 aromatic heterocycles. The second kappa shape index (κ2) is 13.7. The zero-order valence-electron chi connectivity index (χ0n) is 23.9. The van der Waals surface area contributed by atoms with Gasteiger partial charge >= 0.3 is 0 Å². The van der Waals surface area contributed by atoms with Gasteiger partial charge in [-0.3, -0.25) is 4.79 Å². The summed E-state index contributed by atoms with van der Waals surface area (Å²) in [4.78, 5) is 28.2. The van der Waals surface area contributed by atoms with Crippen LogP contribution in [0.5, 0.6) is 5.75 Å². The molecule has 1 fully saturated rings. The molecule has 1 saturated heterocycles. The summed E-state index contributed by atoms with van der Waals surface area (Å²) in [6.07, 6.45) is 6.88. The van der Waals surface area contributed by atoms with Crippen molar-refractivity contribution < 1.29 is 13.9 Å². The zero-order chi connectivity index (χ0) is 29.6. The first-order valence-electron chi connectivity index (χ1n) is 14.7. The van der Waals surface area contributed by atoms with Crippen LogP contribution in [0.15, 0.2) is 48.8 Å². The topological polar surface area (TPSA) is 70.6 Å². The first kappa shape index (κ1) is 29.4. The van der Waals surface area contributed by atoms with Crippen LogP contribution in [0.2, 0.25) is 5.02 Å². The van der Waals surface area contributed by atoms with Gasteiger partial charge in [-0.2, -0.15) is 0 Å². The number of hydrogen-bond acceptors (Lipinski definition) is 7. The van der Waals surface area contributed by atoms with Crippen molar-refractivity contribution in [2.24, 2.45) is 0 Å². The van der Waals surface area contributed by atoms with E-state index in [4.69, 9.17) is 16.3 Å². The highest BCUT2D eigenvalue weighted by atomic mass is 35.5. The standard InChI is InChI=1S/C33H33ClFN5O2S/c34-27-18-23(10-11-28(27)42-21-24-7-6-8-25(35)17-24)19-36-32-31-26-12-16-40(20-29(26)43-33(31)38-22-37-32)30(41)9-2-5-15-39-13-3-1-4-14-39/h6-8,10-11,17-18,22H,1,3-5,12-16,19-21H2,(H,36,37,38). The number of piperidine rings is 1. The van der Waals surface area contributed by atoms with E-state index in [0.29, 0.717) is 30.4 Å². The number of anilines is 1. The highest BCUT2D eigenvalue weighted by Gasteiger charge is 2.25. The lowest BCUT2D eigenvalue weighted by atomic mass is 10.0. The minimum absolute atomic E-state index is 0.105. The Morgan fingerprint density at radius 3 is 2.81 bits per heavy atom. The van der Waals surface area contributed by atoms with Crippen LogP contribution in [0.1, 0.15) is 47.3 Å². The van der Waals surface area contributed by atoms with Crippen LogP contribution < -0.4 is 10.1 Å². The van der Waals surface area contributed by atoms with E-state index in [1.165, 1.54) is 37.0 Å². The highest BCUT2D eigenvalue weighted by Crippen LogP contribution is 2.37. The van der Waals surface area contributed by atoms with Crippen molar-refractivity contribution in [2.45, 2.75) is 51.8 Å². The Morgan fingerprint density at radius 2 is 1.98 bits per heavy atom. The number of rotatable bonds is 8. The Balaban J connectivity index is 1.07. The minimum Gasteiger partial charge on any atom is -0.487 e. The summed E-state index contributed by atoms with van der Waals surface area (Å²) < 4.78 is 19.3. The van der Waals surface area contributed by atoms with E-state index in [9.17, 15) is 9.18 Å². The van der Waals surface area contributed by atoms with Gasteiger partial charge in [0.05, 0.1) is 17.0 Å². The number of fused-ring (bicyclic) bond motifs is 3. The van der Waals surface area contributed by atoms with Gasteiger partial charge < -0.3 is 19.9 Å². The zero-order valence-corrected chi connectivity index (χ0v) is 25.4. The SMILES string of the molecule is O=C(C#CCCN1CCCCC1)N1CCc2c(sc3ncnc(NCc4ccc(OCc5cccc(F)c5)c(Cl)c4)c23)C1. The number of halogens is 2. The van der Waals surface area contributed by atoms with Crippen LogP contribution in [0, 0.1) is 17.7 Å². The van der Waals surface area contributed by atoms with Crippen LogP contribution in [0.3, 0.4) is 0 Å². The molecule has 6 rings (SSSR count). The lowest BCUT2D eigenvalue weighted by Gasteiger charge is -2.25. The van der Waals surface area contributed by atoms with Crippen LogP contribution in [0.4, 0.5) is 10.2 Å². The minimum atomic E-state index is -0.298. The highest BCUT2D eigenvalue weighted by molar-refractivity contribution is 7.19. The van der Waals surface area contributed by atoms with E-state index in [1.807, 2.05) is 29.2 Å². The van der Waals surface area contributed by atoms with E-state index >= 15 is 0 Å². The number of likely N-dealkylation sites (tertiary alicyclic amines) is 1. The fraction of sp³-hybridized carbons (Fsp3) is 0.364. The normalized spacial score (nSPS) is 15.1. The van der Waals surface area contributed by atoms with Gasteiger partial charge in [0.2, 0.25) is 0 Å². The van der Waals surface area contributed by atoms with Gasteiger partial charge in [0.25, 0.3) is 5.91 Å². The quantitative estimate of drug-likeness (QED) is 0.230. The molecule has 0 aliphatic carbocycles. The van der Waals surface area contributed by atoms with E-state index < -0.39 is 0 Å². The Hall–Kier alpha value is -3.71. The third-order valence-corrected chi connectivity index (χ3v) is 9.28. The van der Waals surface area contributed by atoms with Crippen molar-refractivity contribution in [2.75, 3.05) is 31.5 Å². The van der Waals surface area contributed by atoms with Gasteiger partial charge in [0.1, 0.15) is 35.1 Å². The van der Waals surface area contributed by atoms with E-state index in [2.05, 4.69) is 32.0 Å². The number of hydrogen-bond donors (Lipinski definition) is 1. The van der Waals surface area contributed by atoms with Crippen LogP contribution in [-0.4, -0.2) is 51.9 Å². The lowest BCUT2D eigenvalue weighted by molar-refractivity contribution is -0.125. The maximum Gasteiger partial charge on any atom is 0.298 e. The van der Waals surface area contributed by atoms with Crippen molar-refractivity contribution in [1.82, 2.24) is 19.8 Å². The number of ether oxygens (including phenoxy) is 1. The summed E-state index contributed by atoms with van der Waals surface area (Å²) in [6, 6.07) is 11.9. The number of nitrogens with zero attached hydrogens (tertiary/aromatic N) is 4. The second-order valence-corrected chi connectivity index (χ2v) is 12.4. The van der Waals surface area contributed by atoms with Crippen molar-refractivity contribution in [3.8, 4) is 17.6 Å². The molecular weight excluding hydrogens is 585 g/mol. The maximum absolute atomic E-state index is 13.5. The van der Waals surface area contributed by atoms with Gasteiger partial charge in [0, 0.05) is 30.9 Å². The largest absolute Gasteiger partial charge is 0.487 e. The molecule has 4 aromatic rings. The molecule has 1 N–H and O–H groups in total. The van der Waals surface area contributed by atoms with Gasteiger partial charge in [-0.1, -0.05) is 42.1 Å². The molecule has 4 heterocycles. The van der Waals surface area contributed by atoms with Gasteiger partial charge in [-0.05, 0) is 79.2 Å². The molecule has 2 aliphatic rings. The Labute approximate surface area is 260 Å². The summed E-state index contributed by atoms with van der Waals surface area (Å²) in [7, 11) is 0. The Kier molecular flexibility index (Phi) is 9.37. The fourth-order valence-electron chi connectivity index (χ4n) is 5.59. The molecule has 1 amide bonds. The van der Waals surface area contributed by atoms with E-state index in [-0.39, 0.29) is 18.3 Å². The molecule has 2 aliphatic heterocycles. The van der Waals surface area contributed by atoms with Gasteiger partial charge in [0.15, 0.2) is 0 Å². The van der Waals surface area contributed by atoms with Crippen molar-refractivity contribution >= 4 is 44.9 Å². The van der Waals surface area contributed by atoms with Crippen LogP contribution in [0.25, 0.3) is 10.2 Å². The van der Waals surface area contributed by atoms with E-state index in [0.717, 1.165) is 64.5 Å². The molecule has 43 heavy (non-hydrogen) atoms. The summed E-state index contributed by atoms with van der Waals surface area (Å²) >= 11 is 8.11. The second-order valence-electron chi connectivity index (χ2n) is 10.9. The van der Waals surface area contributed by atoms with Crippen LogP contribution in [-0.2, 0) is 30.9 Å². The van der Waals surface area contributed by atoms with Crippen molar-refractivity contribution in [1.29, 1.82) is 0 Å². The van der Waals surface area contributed by atoms with Crippen LogP contribution >= 0.6 is 22.9 Å². The lowest BCUT2D eigenvalue weighted by Crippen LogP contribution is -2.34. The molecule has 0 radical (unpaired) electrons. The molecule has 7 nitrogen and oxygen atoms in total. The van der Waals surface area contributed by atoms with E-state index in [1.54, 1.807) is 23.7 Å². The van der Waals surface area contributed by atoms with Crippen molar-refractivity contribution in [3.05, 3.63) is 81.2 Å². The summed E-state index contributed by atoms with van der Waals surface area (Å²) in [5.41, 5.74) is 2.90. The molecule has 2 aromatic carbocycles. The average Bonchev–Trinajstić information content (AvgIpc) is 3.41. The third kappa shape index (κ3) is 7.27. The summed E-state index contributed by atoms with van der Waals surface area (Å²) in [5, 5.41) is 4.95. The first-order valence-corrected chi connectivity index (χ1v) is 15.9. The third-order valence-electron chi connectivity index (χ3n) is 7.86. The molecule has 10 heteroatoms. The molecular formula is C33H33ClFN5O2S. The molecule has 222 valence electrons. The monoisotopic (exact) mass is 617 g/mol. The van der Waals surface area contributed by atoms with Crippen molar-refractivity contribution in [3.63, 3.8) is 0 Å². The molecule has 0 unspecified atom stereocenters. The number of amides is 1. The predicted molar refractivity (Wildman–Crippen MR) is 169 cm³/mol. The predicted octanol–water partition coefficient (Wildman–Crippen LogP) is 6.44. The molecule has 0 spiro atoms. The number of carbonyl (C=O) groups is 1. The number of carbonyl (C=O) groups excluding carboxylic acids is 1. The number of nitrogens with one attached hydrogen (secondary N) is 1. The number of aromatic nitrogens is 2. The Bertz CT molecular complexity index is 1680. The molecule has 0 bridgehead atoms. The molecule has 0 atom stereocenters. The number of thiophene rings is 1. The maximum atomic E-state index is 13.5.